The van der Waals surface area contributed by atoms with Gasteiger partial charge in [-0.2, -0.15) is 5.26 Å². The van der Waals surface area contributed by atoms with Crippen LogP contribution in [-0.4, -0.2) is 16.2 Å². The molecule has 0 bridgehead atoms. The van der Waals surface area contributed by atoms with E-state index < -0.39 is 5.97 Å². The van der Waals surface area contributed by atoms with Gasteiger partial charge in [0.1, 0.15) is 5.75 Å². The summed E-state index contributed by atoms with van der Waals surface area (Å²) >= 11 is 0. The van der Waals surface area contributed by atoms with Gasteiger partial charge in [0.15, 0.2) is 0 Å². The molecule has 72 valence electrons. The molecule has 0 aromatic heterocycles. The molecule has 0 amide bonds. The Bertz CT molecular complexity index is 418. The van der Waals surface area contributed by atoms with E-state index in [1.807, 2.05) is 6.07 Å². The molecule has 0 radical (unpaired) electrons. The van der Waals surface area contributed by atoms with E-state index in [4.69, 9.17) is 10.4 Å². The lowest BCUT2D eigenvalue weighted by Crippen LogP contribution is -2.03. The standard InChI is InChI=1S/C10H9NO3/c1-6-7(4-10(13)14)2-9(12)3-8(6)5-11/h2-3,12H,4H2,1H3,(H,13,14). The fourth-order valence-corrected chi connectivity index (χ4v) is 1.22. The number of phenolic OH excluding ortho intramolecular Hbond substituents is 1. The second-order valence-electron chi connectivity index (χ2n) is 2.96. The van der Waals surface area contributed by atoms with Gasteiger partial charge in [-0.1, -0.05) is 0 Å². The highest BCUT2D eigenvalue weighted by molar-refractivity contribution is 5.71. The lowest BCUT2D eigenvalue weighted by Gasteiger charge is -2.05. The molecule has 0 saturated heterocycles. The van der Waals surface area contributed by atoms with E-state index >= 15 is 0 Å². The molecule has 0 aliphatic rings. The molecule has 0 fully saturated rings. The summed E-state index contributed by atoms with van der Waals surface area (Å²) in [6.45, 7) is 1.66. The first kappa shape index (κ1) is 10.1. The first-order valence-corrected chi connectivity index (χ1v) is 3.99. The van der Waals surface area contributed by atoms with Crippen molar-refractivity contribution in [2.75, 3.05) is 0 Å². The van der Waals surface area contributed by atoms with Crippen molar-refractivity contribution >= 4 is 5.97 Å². The maximum absolute atomic E-state index is 10.5. The summed E-state index contributed by atoms with van der Waals surface area (Å²) in [4.78, 5) is 10.5. The third-order valence-electron chi connectivity index (χ3n) is 1.96. The second-order valence-corrected chi connectivity index (χ2v) is 2.96. The van der Waals surface area contributed by atoms with Crippen molar-refractivity contribution in [3.8, 4) is 11.8 Å². The quantitative estimate of drug-likeness (QED) is 0.735. The number of phenols is 1. The first-order chi connectivity index (χ1) is 6.54. The van der Waals surface area contributed by atoms with Crippen LogP contribution in [0.5, 0.6) is 5.75 Å². The van der Waals surface area contributed by atoms with Gasteiger partial charge in [-0.05, 0) is 30.2 Å². The largest absolute Gasteiger partial charge is 0.508 e. The van der Waals surface area contributed by atoms with Crippen molar-refractivity contribution in [1.82, 2.24) is 0 Å². The van der Waals surface area contributed by atoms with Crippen molar-refractivity contribution < 1.29 is 15.0 Å². The highest BCUT2D eigenvalue weighted by Crippen LogP contribution is 2.21. The third kappa shape index (κ3) is 2.02. The van der Waals surface area contributed by atoms with Gasteiger partial charge in [0.25, 0.3) is 0 Å². The fraction of sp³-hybridized carbons (Fsp3) is 0.200. The molecule has 4 heteroatoms. The summed E-state index contributed by atoms with van der Waals surface area (Å²) in [5.74, 6) is -1.06. The molecule has 4 nitrogen and oxygen atoms in total. The van der Waals surface area contributed by atoms with E-state index in [-0.39, 0.29) is 12.2 Å². The Hall–Kier alpha value is -2.02. The predicted octanol–water partition coefficient (Wildman–Crippen LogP) is 1.20. The Morgan fingerprint density at radius 2 is 2.21 bits per heavy atom. The summed E-state index contributed by atoms with van der Waals surface area (Å²) in [6, 6.07) is 4.58. The van der Waals surface area contributed by atoms with E-state index in [0.29, 0.717) is 16.7 Å². The molecule has 1 aromatic rings. The molecule has 1 rings (SSSR count). The minimum atomic E-state index is -0.984. The minimum absolute atomic E-state index is 0.0802. The molecule has 1 aromatic carbocycles. The zero-order chi connectivity index (χ0) is 10.7. The summed E-state index contributed by atoms with van der Waals surface area (Å²) in [7, 11) is 0. The third-order valence-corrected chi connectivity index (χ3v) is 1.96. The van der Waals surface area contributed by atoms with Crippen molar-refractivity contribution in [3.63, 3.8) is 0 Å². The van der Waals surface area contributed by atoms with Gasteiger partial charge >= 0.3 is 5.97 Å². The number of carboxylic acids is 1. The van der Waals surface area contributed by atoms with Crippen molar-refractivity contribution in [1.29, 1.82) is 5.26 Å². The van der Waals surface area contributed by atoms with E-state index in [1.54, 1.807) is 6.92 Å². The summed E-state index contributed by atoms with van der Waals surface area (Å²) in [5.41, 5.74) is 1.38. The average molecular weight is 191 g/mol. The van der Waals surface area contributed by atoms with Gasteiger partial charge in [-0.3, -0.25) is 4.79 Å². The number of nitriles is 1. The number of carbonyl (C=O) groups is 1. The van der Waals surface area contributed by atoms with Gasteiger partial charge < -0.3 is 10.2 Å². The predicted molar refractivity (Wildman–Crippen MR) is 48.9 cm³/mol. The Labute approximate surface area is 81.0 Å². The van der Waals surface area contributed by atoms with Gasteiger partial charge in [0.2, 0.25) is 0 Å². The van der Waals surface area contributed by atoms with Crippen LogP contribution in [0.2, 0.25) is 0 Å². The van der Waals surface area contributed by atoms with Crippen LogP contribution in [0.15, 0.2) is 12.1 Å². The maximum atomic E-state index is 10.5. The van der Waals surface area contributed by atoms with Crippen LogP contribution in [-0.2, 0) is 11.2 Å². The lowest BCUT2D eigenvalue weighted by molar-refractivity contribution is -0.136. The van der Waals surface area contributed by atoms with Crippen LogP contribution in [0.25, 0.3) is 0 Å². The molecule has 0 heterocycles. The zero-order valence-electron chi connectivity index (χ0n) is 7.61. The maximum Gasteiger partial charge on any atom is 0.307 e. The summed E-state index contributed by atoms with van der Waals surface area (Å²) in [6.07, 6.45) is -0.186. The zero-order valence-corrected chi connectivity index (χ0v) is 7.61. The van der Waals surface area contributed by atoms with Crippen LogP contribution in [0.4, 0.5) is 0 Å². The van der Waals surface area contributed by atoms with Crippen LogP contribution in [0.1, 0.15) is 16.7 Å². The van der Waals surface area contributed by atoms with Crippen LogP contribution >= 0.6 is 0 Å². The second kappa shape index (κ2) is 3.79. The number of aromatic hydroxyl groups is 1. The molecule has 0 atom stereocenters. The van der Waals surface area contributed by atoms with E-state index in [0.717, 1.165) is 0 Å². The lowest BCUT2D eigenvalue weighted by atomic mass is 10.0. The normalized spacial score (nSPS) is 9.43. The Morgan fingerprint density at radius 1 is 1.57 bits per heavy atom. The monoisotopic (exact) mass is 191 g/mol. The number of hydrogen-bond acceptors (Lipinski definition) is 3. The highest BCUT2D eigenvalue weighted by Gasteiger charge is 2.09. The van der Waals surface area contributed by atoms with Crippen LogP contribution < -0.4 is 0 Å². The number of nitrogens with zero attached hydrogens (tertiary/aromatic N) is 1. The Morgan fingerprint density at radius 3 is 2.71 bits per heavy atom. The van der Waals surface area contributed by atoms with E-state index in [9.17, 15) is 9.90 Å². The topological polar surface area (TPSA) is 81.3 Å². The average Bonchev–Trinajstić information content (AvgIpc) is 2.09. The van der Waals surface area contributed by atoms with Crippen molar-refractivity contribution in [2.24, 2.45) is 0 Å². The number of hydrogen-bond donors (Lipinski definition) is 2. The smallest absolute Gasteiger partial charge is 0.307 e. The molecule has 0 aliphatic heterocycles. The van der Waals surface area contributed by atoms with Gasteiger partial charge in [-0.15, -0.1) is 0 Å². The van der Waals surface area contributed by atoms with Crippen LogP contribution in [0, 0.1) is 18.3 Å². The van der Waals surface area contributed by atoms with Gasteiger partial charge in [-0.25, -0.2) is 0 Å². The number of rotatable bonds is 2. The summed E-state index contributed by atoms with van der Waals surface area (Å²) < 4.78 is 0. The Balaban J connectivity index is 3.23. The van der Waals surface area contributed by atoms with Crippen LogP contribution in [0.3, 0.4) is 0 Å². The molecule has 0 unspecified atom stereocenters. The fourth-order valence-electron chi connectivity index (χ4n) is 1.22. The highest BCUT2D eigenvalue weighted by atomic mass is 16.4. The van der Waals surface area contributed by atoms with E-state index in [1.165, 1.54) is 12.1 Å². The first-order valence-electron chi connectivity index (χ1n) is 3.99. The van der Waals surface area contributed by atoms with Crippen molar-refractivity contribution in [3.05, 3.63) is 28.8 Å². The molecule has 0 spiro atoms. The molecule has 0 saturated carbocycles. The molecular weight excluding hydrogens is 182 g/mol. The summed E-state index contributed by atoms with van der Waals surface area (Å²) in [5, 5.41) is 26.5. The van der Waals surface area contributed by atoms with Crippen molar-refractivity contribution in [2.45, 2.75) is 13.3 Å². The molecular formula is C10H9NO3. The van der Waals surface area contributed by atoms with E-state index in [2.05, 4.69) is 0 Å². The number of carboxylic acid groups (broad SMARTS) is 1. The molecule has 14 heavy (non-hydrogen) atoms. The Kier molecular flexibility index (Phi) is 2.73. The minimum Gasteiger partial charge on any atom is -0.508 e. The molecule has 2 N–H and O–H groups in total. The van der Waals surface area contributed by atoms with Gasteiger partial charge in [0, 0.05) is 0 Å². The molecule has 0 aliphatic carbocycles. The number of aliphatic carboxylic acids is 1. The SMILES string of the molecule is Cc1c(C#N)cc(O)cc1CC(=O)O. The number of benzene rings is 1. The van der Waals surface area contributed by atoms with Gasteiger partial charge in [0.05, 0.1) is 18.1 Å².